The van der Waals surface area contributed by atoms with E-state index in [9.17, 15) is 9.59 Å². The third kappa shape index (κ3) is 2.19. The molecule has 0 radical (unpaired) electrons. The molecule has 1 aromatic rings. The highest BCUT2D eigenvalue weighted by atomic mass is 35.5. The lowest BCUT2D eigenvalue weighted by Crippen LogP contribution is -2.40. The van der Waals surface area contributed by atoms with Crippen LogP contribution in [0.15, 0.2) is 36.4 Å². The Labute approximate surface area is 145 Å². The molecule has 0 aliphatic carbocycles. The molecule has 126 valence electrons. The number of hydrogen-bond acceptors (Lipinski definition) is 4. The Hall–Kier alpha value is -1.85. The van der Waals surface area contributed by atoms with Gasteiger partial charge in [0.15, 0.2) is 0 Å². The number of fused-ring (bicyclic) bond motifs is 1. The maximum Gasteiger partial charge on any atom is 0.313 e. The molecule has 6 heteroatoms. The van der Waals surface area contributed by atoms with Crippen LogP contribution in [0.3, 0.4) is 0 Å². The number of hydrogen-bond donors (Lipinski definition) is 0. The number of carbonyl (C=O) groups excluding carboxylic acids is 2. The molecule has 2 fully saturated rings. The van der Waals surface area contributed by atoms with Gasteiger partial charge in [-0.25, -0.2) is 0 Å². The van der Waals surface area contributed by atoms with Gasteiger partial charge >= 0.3 is 5.97 Å². The van der Waals surface area contributed by atoms with Gasteiger partial charge in [0.1, 0.15) is 11.5 Å². The van der Waals surface area contributed by atoms with Crippen LogP contribution in [0.4, 0.5) is 5.69 Å². The average Bonchev–Trinajstić information content (AvgIpc) is 3.15. The molecule has 3 aliphatic heterocycles. The Morgan fingerprint density at radius 3 is 2.96 bits per heavy atom. The highest BCUT2D eigenvalue weighted by Crippen LogP contribution is 2.53. The molecular formula is C18H18ClNO4. The number of anilines is 1. The largest absolute Gasteiger partial charge is 0.463 e. The van der Waals surface area contributed by atoms with Crippen LogP contribution < -0.4 is 4.90 Å². The molecule has 4 atom stereocenters. The summed E-state index contributed by atoms with van der Waals surface area (Å²) in [6.45, 7) is 3.98. The number of rotatable bonds is 3. The zero-order chi connectivity index (χ0) is 17.1. The van der Waals surface area contributed by atoms with Crippen LogP contribution in [0.2, 0.25) is 5.02 Å². The lowest BCUT2D eigenvalue weighted by Gasteiger charge is -2.23. The van der Waals surface area contributed by atoms with Crippen molar-refractivity contribution in [2.24, 2.45) is 11.8 Å². The molecule has 4 rings (SSSR count). The molecule has 1 unspecified atom stereocenters. The minimum Gasteiger partial charge on any atom is -0.463 e. The van der Waals surface area contributed by atoms with Crippen molar-refractivity contribution < 1.29 is 19.1 Å². The van der Waals surface area contributed by atoms with Crippen LogP contribution in [0, 0.1) is 11.8 Å². The zero-order valence-corrected chi connectivity index (χ0v) is 14.2. The summed E-state index contributed by atoms with van der Waals surface area (Å²) in [6, 6.07) is 7.14. The minimum absolute atomic E-state index is 0.116. The summed E-state index contributed by atoms with van der Waals surface area (Å²) >= 11 is 6.05. The van der Waals surface area contributed by atoms with Gasteiger partial charge in [-0.3, -0.25) is 9.59 Å². The van der Waals surface area contributed by atoms with E-state index >= 15 is 0 Å². The van der Waals surface area contributed by atoms with Gasteiger partial charge in [-0.15, -0.1) is 0 Å². The van der Waals surface area contributed by atoms with E-state index in [0.29, 0.717) is 17.3 Å². The third-order valence-corrected chi connectivity index (χ3v) is 5.08. The molecule has 1 aromatic carbocycles. The Bertz CT molecular complexity index is 746. The molecule has 3 aliphatic rings. The summed E-state index contributed by atoms with van der Waals surface area (Å²) in [5.41, 5.74) is -0.0298. The van der Waals surface area contributed by atoms with Crippen LogP contribution in [0.25, 0.3) is 0 Å². The maximum absolute atomic E-state index is 13.0. The van der Waals surface area contributed by atoms with Crippen LogP contribution in [0.5, 0.6) is 0 Å². The molecule has 2 bridgehead atoms. The van der Waals surface area contributed by atoms with E-state index in [-0.39, 0.29) is 24.1 Å². The maximum atomic E-state index is 13.0. The predicted octanol–water partition coefficient (Wildman–Crippen LogP) is 2.58. The van der Waals surface area contributed by atoms with Crippen molar-refractivity contribution in [1.29, 1.82) is 0 Å². The highest BCUT2D eigenvalue weighted by molar-refractivity contribution is 6.31. The number of benzene rings is 1. The smallest absolute Gasteiger partial charge is 0.313 e. The van der Waals surface area contributed by atoms with E-state index in [4.69, 9.17) is 21.1 Å². The lowest BCUT2D eigenvalue weighted by atomic mass is 9.77. The molecule has 1 amide bonds. The second kappa shape index (κ2) is 5.33. The number of nitrogens with zero attached hydrogens (tertiary/aromatic N) is 1. The van der Waals surface area contributed by atoms with Crippen molar-refractivity contribution in [2.75, 3.05) is 11.4 Å². The van der Waals surface area contributed by atoms with Crippen LogP contribution in [-0.2, 0) is 19.1 Å². The Kier molecular flexibility index (Phi) is 3.48. The van der Waals surface area contributed by atoms with Crippen molar-refractivity contribution in [3.8, 4) is 0 Å². The van der Waals surface area contributed by atoms with Gasteiger partial charge in [-0.05, 0) is 32.0 Å². The summed E-state index contributed by atoms with van der Waals surface area (Å²) in [6.07, 6.45) is 3.19. The average molecular weight is 348 g/mol. The first-order valence-corrected chi connectivity index (χ1v) is 8.44. The van der Waals surface area contributed by atoms with E-state index in [2.05, 4.69) is 0 Å². The molecule has 0 N–H and O–H groups in total. The molecule has 2 saturated heterocycles. The van der Waals surface area contributed by atoms with Crippen molar-refractivity contribution in [2.45, 2.75) is 31.7 Å². The number of halogens is 1. The molecule has 0 saturated carbocycles. The number of esters is 1. The Morgan fingerprint density at radius 1 is 1.46 bits per heavy atom. The van der Waals surface area contributed by atoms with E-state index in [1.807, 2.05) is 18.2 Å². The quantitative estimate of drug-likeness (QED) is 0.623. The van der Waals surface area contributed by atoms with Crippen LogP contribution >= 0.6 is 11.6 Å². The van der Waals surface area contributed by atoms with Crippen LogP contribution in [0.1, 0.15) is 13.8 Å². The van der Waals surface area contributed by atoms with Crippen molar-refractivity contribution in [1.82, 2.24) is 0 Å². The third-order valence-electron chi connectivity index (χ3n) is 4.84. The highest BCUT2D eigenvalue weighted by Gasteiger charge is 2.67. The van der Waals surface area contributed by atoms with E-state index in [1.165, 1.54) is 0 Å². The molecule has 5 nitrogen and oxygen atoms in total. The molecule has 24 heavy (non-hydrogen) atoms. The van der Waals surface area contributed by atoms with Gasteiger partial charge in [-0.2, -0.15) is 0 Å². The van der Waals surface area contributed by atoms with Gasteiger partial charge in [0.2, 0.25) is 5.91 Å². The second-order valence-electron chi connectivity index (χ2n) is 6.79. The van der Waals surface area contributed by atoms with E-state index in [1.54, 1.807) is 36.9 Å². The fourth-order valence-corrected chi connectivity index (χ4v) is 4.13. The van der Waals surface area contributed by atoms with Gasteiger partial charge in [0.05, 0.1) is 24.7 Å². The number of carbonyl (C=O) groups is 2. The van der Waals surface area contributed by atoms with Gasteiger partial charge < -0.3 is 14.4 Å². The molecular weight excluding hydrogens is 330 g/mol. The summed E-state index contributed by atoms with van der Waals surface area (Å²) < 4.78 is 11.4. The SMILES string of the molecule is CC(C)OC(=O)C1[C@H]2C(=O)N(c3cccc(Cl)c3)C[C@]23C=C[C@H]1O3. The fraction of sp³-hybridized carbons (Fsp3) is 0.444. The van der Waals surface area contributed by atoms with Crippen molar-refractivity contribution in [3.63, 3.8) is 0 Å². The normalized spacial score (nSPS) is 33.4. The summed E-state index contributed by atoms with van der Waals surface area (Å²) in [7, 11) is 0. The standard InChI is InChI=1S/C18H18ClNO4/c1-10(2)23-17(22)14-13-6-7-18(24-13)9-20(16(21)15(14)18)12-5-3-4-11(19)8-12/h3-8,10,13-15H,9H2,1-2H3/t13-,14?,15+,18-/m1/s1. The first kappa shape index (κ1) is 15.7. The van der Waals surface area contributed by atoms with Gasteiger partial charge in [0, 0.05) is 10.7 Å². The van der Waals surface area contributed by atoms with Crippen molar-refractivity contribution >= 4 is 29.2 Å². The minimum atomic E-state index is -0.745. The monoisotopic (exact) mass is 347 g/mol. The topological polar surface area (TPSA) is 55.8 Å². The summed E-state index contributed by atoms with van der Waals surface area (Å²) in [5.74, 6) is -1.62. The van der Waals surface area contributed by atoms with Crippen molar-refractivity contribution in [3.05, 3.63) is 41.4 Å². The number of ether oxygens (including phenoxy) is 2. The Morgan fingerprint density at radius 2 is 2.25 bits per heavy atom. The van der Waals surface area contributed by atoms with E-state index in [0.717, 1.165) is 0 Å². The zero-order valence-electron chi connectivity index (χ0n) is 13.4. The molecule has 1 spiro atoms. The second-order valence-corrected chi connectivity index (χ2v) is 7.23. The number of amides is 1. The summed E-state index contributed by atoms with van der Waals surface area (Å²) in [5, 5.41) is 0.561. The van der Waals surface area contributed by atoms with E-state index < -0.39 is 17.4 Å². The van der Waals surface area contributed by atoms with Crippen LogP contribution in [-0.4, -0.2) is 36.2 Å². The first-order valence-electron chi connectivity index (χ1n) is 8.06. The first-order chi connectivity index (χ1) is 11.4. The predicted molar refractivity (Wildman–Crippen MR) is 88.8 cm³/mol. The molecule has 3 heterocycles. The lowest BCUT2D eigenvalue weighted by molar-refractivity contribution is -0.156. The Balaban J connectivity index is 1.68. The molecule has 0 aromatic heterocycles. The summed E-state index contributed by atoms with van der Waals surface area (Å²) in [4.78, 5) is 27.2. The van der Waals surface area contributed by atoms with Gasteiger partial charge in [0.25, 0.3) is 0 Å². The van der Waals surface area contributed by atoms with Gasteiger partial charge in [-0.1, -0.05) is 29.8 Å². The fourth-order valence-electron chi connectivity index (χ4n) is 3.94.